The molecule has 1 amide bonds. The number of imidazole rings is 1. The number of amides is 1. The van der Waals surface area contributed by atoms with Gasteiger partial charge < -0.3 is 20.9 Å². The van der Waals surface area contributed by atoms with Gasteiger partial charge in [0.05, 0.1) is 17.9 Å². The van der Waals surface area contributed by atoms with Crippen LogP contribution in [0.2, 0.25) is 0 Å². The molecule has 30 heavy (non-hydrogen) atoms. The average molecular weight is 402 g/mol. The summed E-state index contributed by atoms with van der Waals surface area (Å²) in [6.45, 7) is 1.94. The number of anilines is 1. The third-order valence-corrected chi connectivity index (χ3v) is 6.30. The molecule has 2 fully saturated rings. The van der Waals surface area contributed by atoms with Crippen LogP contribution in [0.15, 0.2) is 54.7 Å². The summed E-state index contributed by atoms with van der Waals surface area (Å²) in [5.74, 6) is 0.788. The summed E-state index contributed by atoms with van der Waals surface area (Å²) in [6, 6.07) is 17.1. The standard InChI is InChI=1S/C24H27N5O/c25-23(30)22-4-2-14-29(22)19-11-9-17(10-12-19)16-5-7-18(8-6-16)21-15-27-24(28-21)20-3-1-13-26-20/h5-12,15,20,22,26H,1-4,13-14H2,(H2,25,30)(H,27,28). The Balaban J connectivity index is 1.31. The quantitative estimate of drug-likeness (QED) is 0.609. The molecule has 2 aromatic carbocycles. The van der Waals surface area contributed by atoms with E-state index in [0.29, 0.717) is 6.04 Å². The molecule has 2 atom stereocenters. The van der Waals surface area contributed by atoms with E-state index in [1.54, 1.807) is 0 Å². The summed E-state index contributed by atoms with van der Waals surface area (Å²) in [5.41, 5.74) is 11.1. The van der Waals surface area contributed by atoms with Gasteiger partial charge in [0.25, 0.3) is 0 Å². The third-order valence-electron chi connectivity index (χ3n) is 6.30. The fourth-order valence-electron chi connectivity index (χ4n) is 4.64. The van der Waals surface area contributed by atoms with E-state index in [1.165, 1.54) is 6.42 Å². The van der Waals surface area contributed by atoms with E-state index in [4.69, 9.17) is 5.73 Å². The minimum absolute atomic E-state index is 0.186. The molecule has 0 saturated carbocycles. The van der Waals surface area contributed by atoms with E-state index in [-0.39, 0.29) is 11.9 Å². The number of aromatic nitrogens is 2. The van der Waals surface area contributed by atoms with Crippen molar-refractivity contribution in [2.24, 2.45) is 5.73 Å². The maximum atomic E-state index is 11.7. The number of carbonyl (C=O) groups is 1. The number of rotatable bonds is 5. The first-order valence-electron chi connectivity index (χ1n) is 10.7. The van der Waals surface area contributed by atoms with Crippen molar-refractivity contribution >= 4 is 11.6 Å². The topological polar surface area (TPSA) is 87.0 Å². The van der Waals surface area contributed by atoms with E-state index >= 15 is 0 Å². The molecular formula is C24H27N5O. The molecule has 0 radical (unpaired) electrons. The van der Waals surface area contributed by atoms with Crippen LogP contribution < -0.4 is 16.0 Å². The summed E-state index contributed by atoms with van der Waals surface area (Å²) in [7, 11) is 0. The fraction of sp³-hybridized carbons (Fsp3) is 0.333. The smallest absolute Gasteiger partial charge is 0.240 e. The zero-order chi connectivity index (χ0) is 20.5. The maximum Gasteiger partial charge on any atom is 0.240 e. The molecule has 6 nitrogen and oxygen atoms in total. The number of nitrogens with one attached hydrogen (secondary N) is 2. The van der Waals surface area contributed by atoms with Gasteiger partial charge in [-0.3, -0.25) is 4.79 Å². The summed E-state index contributed by atoms with van der Waals surface area (Å²) < 4.78 is 0. The van der Waals surface area contributed by atoms with Gasteiger partial charge >= 0.3 is 0 Å². The van der Waals surface area contributed by atoms with Gasteiger partial charge in [-0.15, -0.1) is 0 Å². The van der Waals surface area contributed by atoms with E-state index < -0.39 is 0 Å². The Kier molecular flexibility index (Phi) is 5.01. The van der Waals surface area contributed by atoms with Gasteiger partial charge in [0.1, 0.15) is 11.9 Å². The molecule has 4 N–H and O–H groups in total. The highest BCUT2D eigenvalue weighted by Crippen LogP contribution is 2.30. The zero-order valence-corrected chi connectivity index (χ0v) is 17.0. The Bertz CT molecular complexity index is 1020. The second-order valence-corrected chi connectivity index (χ2v) is 8.21. The lowest BCUT2D eigenvalue weighted by Crippen LogP contribution is -2.40. The highest BCUT2D eigenvalue weighted by Gasteiger charge is 2.29. The molecule has 154 valence electrons. The van der Waals surface area contributed by atoms with Crippen molar-refractivity contribution in [2.45, 2.75) is 37.8 Å². The number of H-pyrrole nitrogens is 1. The van der Waals surface area contributed by atoms with Crippen molar-refractivity contribution in [3.8, 4) is 22.4 Å². The summed E-state index contributed by atoms with van der Waals surface area (Å²) >= 11 is 0. The molecule has 0 bridgehead atoms. The van der Waals surface area contributed by atoms with Gasteiger partial charge in [0, 0.05) is 12.2 Å². The predicted octanol–water partition coefficient (Wildman–Crippen LogP) is 3.62. The molecule has 6 heteroatoms. The molecule has 2 aliphatic rings. The highest BCUT2D eigenvalue weighted by atomic mass is 16.1. The van der Waals surface area contributed by atoms with Crippen LogP contribution in [0.3, 0.4) is 0 Å². The van der Waals surface area contributed by atoms with Crippen molar-refractivity contribution in [2.75, 3.05) is 18.0 Å². The first-order valence-corrected chi connectivity index (χ1v) is 10.7. The van der Waals surface area contributed by atoms with E-state index in [1.807, 2.05) is 6.20 Å². The SMILES string of the molecule is NC(=O)C1CCCN1c1ccc(-c2ccc(-c3cnc(C4CCCN4)[nH]3)cc2)cc1. The van der Waals surface area contributed by atoms with Crippen molar-refractivity contribution in [1.82, 2.24) is 15.3 Å². The van der Waals surface area contributed by atoms with Crippen LogP contribution in [0.5, 0.6) is 0 Å². The molecule has 3 aromatic rings. The summed E-state index contributed by atoms with van der Waals surface area (Å²) in [4.78, 5) is 21.8. The van der Waals surface area contributed by atoms with Gasteiger partial charge in [-0.1, -0.05) is 36.4 Å². The van der Waals surface area contributed by atoms with Gasteiger partial charge in [0.15, 0.2) is 0 Å². The normalized spacial score (nSPS) is 21.3. The molecule has 1 aromatic heterocycles. The van der Waals surface area contributed by atoms with Crippen LogP contribution in [0.1, 0.15) is 37.5 Å². The molecule has 2 aliphatic heterocycles. The monoisotopic (exact) mass is 401 g/mol. The van der Waals surface area contributed by atoms with Crippen LogP contribution >= 0.6 is 0 Å². The molecular weight excluding hydrogens is 374 g/mol. The van der Waals surface area contributed by atoms with E-state index in [0.717, 1.165) is 66.2 Å². The highest BCUT2D eigenvalue weighted by molar-refractivity contribution is 5.84. The number of carbonyl (C=O) groups excluding carboxylic acids is 1. The summed E-state index contributed by atoms with van der Waals surface area (Å²) in [6.07, 6.45) is 6.10. The number of nitrogens with zero attached hydrogens (tertiary/aromatic N) is 2. The zero-order valence-electron chi connectivity index (χ0n) is 17.0. The van der Waals surface area contributed by atoms with Crippen LogP contribution in [-0.4, -0.2) is 35.0 Å². The van der Waals surface area contributed by atoms with Crippen LogP contribution in [-0.2, 0) is 4.79 Å². The molecule has 0 aliphatic carbocycles. The van der Waals surface area contributed by atoms with E-state index in [2.05, 4.69) is 68.7 Å². The van der Waals surface area contributed by atoms with Crippen LogP contribution in [0, 0.1) is 0 Å². The number of primary amides is 1. The lowest BCUT2D eigenvalue weighted by molar-refractivity contribution is -0.119. The largest absolute Gasteiger partial charge is 0.368 e. The maximum absolute atomic E-state index is 11.7. The molecule has 3 heterocycles. The van der Waals surface area contributed by atoms with Gasteiger partial charge in [-0.05, 0) is 61.1 Å². The van der Waals surface area contributed by atoms with Crippen LogP contribution in [0.25, 0.3) is 22.4 Å². The Hall–Kier alpha value is -3.12. The number of hydrogen-bond acceptors (Lipinski definition) is 4. The van der Waals surface area contributed by atoms with Crippen molar-refractivity contribution in [1.29, 1.82) is 0 Å². The van der Waals surface area contributed by atoms with Crippen LogP contribution in [0.4, 0.5) is 5.69 Å². The minimum Gasteiger partial charge on any atom is -0.368 e. The molecule has 2 saturated heterocycles. The number of benzene rings is 2. The predicted molar refractivity (Wildman–Crippen MR) is 119 cm³/mol. The average Bonchev–Trinajstić information content (AvgIpc) is 3.55. The van der Waals surface area contributed by atoms with Gasteiger partial charge in [0.2, 0.25) is 5.91 Å². The van der Waals surface area contributed by atoms with Crippen molar-refractivity contribution < 1.29 is 4.79 Å². The van der Waals surface area contributed by atoms with E-state index in [9.17, 15) is 4.79 Å². The first kappa shape index (κ1) is 18.9. The minimum atomic E-state index is -0.238. The molecule has 0 spiro atoms. The Morgan fingerprint density at radius 1 is 0.967 bits per heavy atom. The second kappa shape index (κ2) is 7.95. The third kappa shape index (κ3) is 3.59. The lowest BCUT2D eigenvalue weighted by atomic mass is 10.0. The molecule has 5 rings (SSSR count). The first-order chi connectivity index (χ1) is 14.7. The van der Waals surface area contributed by atoms with Crippen molar-refractivity contribution in [3.63, 3.8) is 0 Å². The summed E-state index contributed by atoms with van der Waals surface area (Å²) in [5, 5.41) is 3.48. The number of aromatic amines is 1. The van der Waals surface area contributed by atoms with Crippen molar-refractivity contribution in [3.05, 3.63) is 60.6 Å². The number of hydrogen-bond donors (Lipinski definition) is 3. The van der Waals surface area contributed by atoms with Gasteiger partial charge in [-0.2, -0.15) is 0 Å². The van der Waals surface area contributed by atoms with Gasteiger partial charge in [-0.25, -0.2) is 4.98 Å². The second-order valence-electron chi connectivity index (χ2n) is 8.21. The lowest BCUT2D eigenvalue weighted by Gasteiger charge is -2.24. The Morgan fingerprint density at radius 2 is 1.67 bits per heavy atom. The Morgan fingerprint density at radius 3 is 2.33 bits per heavy atom. The molecule has 2 unspecified atom stereocenters. The number of nitrogens with two attached hydrogens (primary N) is 1. The fourth-order valence-corrected chi connectivity index (χ4v) is 4.64. The Labute approximate surface area is 176 Å².